The summed E-state index contributed by atoms with van der Waals surface area (Å²) >= 11 is 0. The summed E-state index contributed by atoms with van der Waals surface area (Å²) in [6, 6.07) is 0. The van der Waals surface area contributed by atoms with E-state index in [2.05, 4.69) is 28.0 Å². The van der Waals surface area contributed by atoms with E-state index in [-0.39, 0.29) is 0 Å². The summed E-state index contributed by atoms with van der Waals surface area (Å²) in [5, 5.41) is 3.24. The molecule has 0 saturated heterocycles. The van der Waals surface area contributed by atoms with E-state index in [0.29, 0.717) is 0 Å². The van der Waals surface area contributed by atoms with E-state index in [4.69, 9.17) is 0 Å². The third-order valence-corrected chi connectivity index (χ3v) is 2.20. The van der Waals surface area contributed by atoms with Crippen LogP contribution in [0.4, 0.5) is 5.95 Å². The minimum absolute atomic E-state index is 0.914. The topological polar surface area (TPSA) is 29.9 Å². The normalized spacial score (nSPS) is 16.4. The molecule has 1 aliphatic carbocycles. The summed E-state index contributed by atoms with van der Waals surface area (Å²) in [7, 11) is 0. The molecule has 3 heteroatoms. The van der Waals surface area contributed by atoms with Crippen LogP contribution in [-0.4, -0.2) is 16.1 Å². The Kier molecular flexibility index (Phi) is 2.02. The molecule has 0 unspecified atom stereocenters. The lowest BCUT2D eigenvalue weighted by atomic mass is 10.4. The highest BCUT2D eigenvalue weighted by Gasteiger charge is 2.22. The Bertz CT molecular complexity index is 250. The van der Waals surface area contributed by atoms with E-state index < -0.39 is 0 Å². The van der Waals surface area contributed by atoms with Gasteiger partial charge in [0, 0.05) is 25.5 Å². The van der Waals surface area contributed by atoms with E-state index in [0.717, 1.165) is 25.0 Å². The van der Waals surface area contributed by atoms with Crippen molar-refractivity contribution in [2.75, 3.05) is 11.9 Å². The van der Waals surface area contributed by atoms with Gasteiger partial charge in [0.25, 0.3) is 0 Å². The van der Waals surface area contributed by atoms with E-state index in [1.54, 1.807) is 0 Å². The zero-order valence-corrected chi connectivity index (χ0v) is 7.45. The molecule has 0 spiro atoms. The van der Waals surface area contributed by atoms with Gasteiger partial charge in [0.1, 0.15) is 0 Å². The summed E-state index contributed by atoms with van der Waals surface area (Å²) in [5.74, 6) is 1.93. The minimum atomic E-state index is 0.914. The molecule has 0 atom stereocenters. The van der Waals surface area contributed by atoms with Crippen LogP contribution in [0.15, 0.2) is 12.4 Å². The molecule has 12 heavy (non-hydrogen) atoms. The summed E-state index contributed by atoms with van der Waals surface area (Å²) in [6.07, 6.45) is 6.70. The third kappa shape index (κ3) is 1.60. The summed E-state index contributed by atoms with van der Waals surface area (Å²) < 4.78 is 2.21. The van der Waals surface area contributed by atoms with Gasteiger partial charge in [-0.25, -0.2) is 4.98 Å². The molecule has 1 fully saturated rings. The van der Waals surface area contributed by atoms with Gasteiger partial charge in [-0.1, -0.05) is 0 Å². The van der Waals surface area contributed by atoms with E-state index in [1.165, 1.54) is 12.8 Å². The molecule has 1 saturated carbocycles. The molecule has 0 amide bonds. The summed E-state index contributed by atoms with van der Waals surface area (Å²) in [5.41, 5.74) is 0. The van der Waals surface area contributed by atoms with Gasteiger partial charge < -0.3 is 9.88 Å². The Hall–Kier alpha value is -0.990. The van der Waals surface area contributed by atoms with Crippen LogP contribution in [0.1, 0.15) is 19.8 Å². The molecule has 1 aliphatic rings. The molecule has 66 valence electrons. The zero-order chi connectivity index (χ0) is 8.39. The Balaban J connectivity index is 2.01. The number of hydrogen-bond acceptors (Lipinski definition) is 2. The molecule has 0 aliphatic heterocycles. The Morgan fingerprint density at radius 3 is 3.17 bits per heavy atom. The van der Waals surface area contributed by atoms with Crippen LogP contribution in [0.2, 0.25) is 0 Å². The van der Waals surface area contributed by atoms with Crippen molar-refractivity contribution in [1.82, 2.24) is 9.55 Å². The van der Waals surface area contributed by atoms with Gasteiger partial charge in [-0.05, 0) is 25.7 Å². The molecule has 1 aromatic rings. The van der Waals surface area contributed by atoms with Crippen LogP contribution in [-0.2, 0) is 6.54 Å². The van der Waals surface area contributed by atoms with Gasteiger partial charge in [0.15, 0.2) is 0 Å². The van der Waals surface area contributed by atoms with Gasteiger partial charge in [-0.15, -0.1) is 0 Å². The first-order valence-corrected chi connectivity index (χ1v) is 4.65. The molecular weight excluding hydrogens is 150 g/mol. The number of aromatic nitrogens is 2. The quantitative estimate of drug-likeness (QED) is 0.736. The van der Waals surface area contributed by atoms with E-state index >= 15 is 0 Å². The van der Waals surface area contributed by atoms with Crippen LogP contribution in [0, 0.1) is 5.92 Å². The highest BCUT2D eigenvalue weighted by Crippen LogP contribution is 2.31. The van der Waals surface area contributed by atoms with Crippen molar-refractivity contribution >= 4 is 5.95 Å². The predicted molar refractivity (Wildman–Crippen MR) is 49.1 cm³/mol. The second-order valence-electron chi connectivity index (χ2n) is 3.38. The van der Waals surface area contributed by atoms with Gasteiger partial charge >= 0.3 is 0 Å². The molecule has 1 N–H and O–H groups in total. The number of anilines is 1. The van der Waals surface area contributed by atoms with E-state index in [9.17, 15) is 0 Å². The highest BCUT2D eigenvalue weighted by atomic mass is 15.2. The number of nitrogens with zero attached hydrogens (tertiary/aromatic N) is 2. The van der Waals surface area contributed by atoms with Crippen LogP contribution < -0.4 is 5.32 Å². The summed E-state index contributed by atoms with van der Waals surface area (Å²) in [4.78, 5) is 4.24. The van der Waals surface area contributed by atoms with Gasteiger partial charge in [0.2, 0.25) is 5.95 Å². The fourth-order valence-electron chi connectivity index (χ4n) is 1.36. The smallest absolute Gasteiger partial charge is 0.202 e. The number of rotatable bonds is 4. The van der Waals surface area contributed by atoms with E-state index in [1.807, 2.05) is 6.20 Å². The van der Waals surface area contributed by atoms with Crippen molar-refractivity contribution in [2.45, 2.75) is 26.3 Å². The molecule has 3 nitrogen and oxygen atoms in total. The molecule has 0 radical (unpaired) electrons. The molecular formula is C9H15N3. The minimum Gasteiger partial charge on any atom is -0.356 e. The van der Waals surface area contributed by atoms with Crippen LogP contribution in [0.25, 0.3) is 0 Å². The lowest BCUT2D eigenvalue weighted by Gasteiger charge is -2.06. The zero-order valence-electron chi connectivity index (χ0n) is 7.45. The standard InChI is InChI=1S/C9H15N3/c1-2-10-9-11-5-6-12(9)7-8-3-4-8/h5-6,8H,2-4,7H2,1H3,(H,10,11). The SMILES string of the molecule is CCNc1nccn1CC1CC1. The monoisotopic (exact) mass is 165 g/mol. The van der Waals surface area contributed by atoms with Gasteiger partial charge in [-0.2, -0.15) is 0 Å². The lowest BCUT2D eigenvalue weighted by molar-refractivity contribution is 0.631. The first-order chi connectivity index (χ1) is 5.90. The van der Waals surface area contributed by atoms with Crippen molar-refractivity contribution in [3.8, 4) is 0 Å². The van der Waals surface area contributed by atoms with Crippen molar-refractivity contribution < 1.29 is 0 Å². The molecule has 0 bridgehead atoms. The Morgan fingerprint density at radius 2 is 2.50 bits per heavy atom. The maximum Gasteiger partial charge on any atom is 0.202 e. The predicted octanol–water partition coefficient (Wildman–Crippen LogP) is 1.72. The van der Waals surface area contributed by atoms with Crippen LogP contribution in [0.5, 0.6) is 0 Å². The summed E-state index contributed by atoms with van der Waals surface area (Å²) in [6.45, 7) is 4.18. The fraction of sp³-hybridized carbons (Fsp3) is 0.667. The second kappa shape index (κ2) is 3.17. The van der Waals surface area contributed by atoms with Gasteiger partial charge in [-0.3, -0.25) is 0 Å². The average molecular weight is 165 g/mol. The van der Waals surface area contributed by atoms with Crippen LogP contribution >= 0.6 is 0 Å². The molecule has 1 aromatic heterocycles. The largest absolute Gasteiger partial charge is 0.356 e. The second-order valence-corrected chi connectivity index (χ2v) is 3.38. The Morgan fingerprint density at radius 1 is 1.67 bits per heavy atom. The molecule has 2 rings (SSSR count). The number of hydrogen-bond donors (Lipinski definition) is 1. The van der Waals surface area contributed by atoms with Crippen molar-refractivity contribution in [3.63, 3.8) is 0 Å². The van der Waals surface area contributed by atoms with Crippen molar-refractivity contribution in [3.05, 3.63) is 12.4 Å². The maximum absolute atomic E-state index is 4.24. The molecule has 1 heterocycles. The highest BCUT2D eigenvalue weighted by molar-refractivity contribution is 5.25. The Labute approximate surface area is 72.8 Å². The maximum atomic E-state index is 4.24. The fourth-order valence-corrected chi connectivity index (χ4v) is 1.36. The van der Waals surface area contributed by atoms with Crippen LogP contribution in [0.3, 0.4) is 0 Å². The van der Waals surface area contributed by atoms with Crippen molar-refractivity contribution in [1.29, 1.82) is 0 Å². The average Bonchev–Trinajstić information content (AvgIpc) is 2.76. The van der Waals surface area contributed by atoms with Crippen molar-refractivity contribution in [2.24, 2.45) is 5.92 Å². The number of imidazole rings is 1. The first-order valence-electron chi connectivity index (χ1n) is 4.65. The first kappa shape index (κ1) is 7.65. The third-order valence-electron chi connectivity index (χ3n) is 2.20. The number of nitrogens with one attached hydrogen (secondary N) is 1. The molecule has 0 aromatic carbocycles. The van der Waals surface area contributed by atoms with Gasteiger partial charge in [0.05, 0.1) is 0 Å². The lowest BCUT2D eigenvalue weighted by Crippen LogP contribution is -2.07.